The monoisotopic (exact) mass is 386 g/mol. The summed E-state index contributed by atoms with van der Waals surface area (Å²) in [6, 6.07) is 16.4. The minimum absolute atomic E-state index is 0.103. The van der Waals surface area contributed by atoms with E-state index in [1.54, 1.807) is 12.1 Å². The maximum Gasteiger partial charge on any atom is 0.265 e. The molecule has 0 spiro atoms. The second kappa shape index (κ2) is 8.00. The molecule has 0 aliphatic carbocycles. The van der Waals surface area contributed by atoms with Crippen molar-refractivity contribution in [3.63, 3.8) is 0 Å². The molecule has 1 heterocycles. The maximum atomic E-state index is 13.4. The van der Waals surface area contributed by atoms with Crippen LogP contribution in [0.15, 0.2) is 54.6 Å². The molecule has 0 bridgehead atoms. The third-order valence-electron chi connectivity index (χ3n) is 3.42. The number of nitrogens with one attached hydrogen (secondary N) is 1. The van der Waals surface area contributed by atoms with E-state index >= 15 is 0 Å². The van der Waals surface area contributed by atoms with E-state index in [4.69, 9.17) is 21.6 Å². The van der Waals surface area contributed by atoms with E-state index in [1.807, 2.05) is 30.3 Å². The van der Waals surface area contributed by atoms with Crippen molar-refractivity contribution in [1.29, 1.82) is 5.26 Å². The van der Waals surface area contributed by atoms with Crippen LogP contribution < -0.4 is 10.1 Å². The Morgan fingerprint density at radius 1 is 1.23 bits per heavy atom. The summed E-state index contributed by atoms with van der Waals surface area (Å²) < 4.78 is 18.5. The highest BCUT2D eigenvalue weighted by molar-refractivity contribution is 7.17. The van der Waals surface area contributed by atoms with E-state index in [1.165, 1.54) is 23.5 Å². The summed E-state index contributed by atoms with van der Waals surface area (Å²) in [5.41, 5.74) is 1.21. The molecular weight excluding hydrogens is 375 g/mol. The smallest absolute Gasteiger partial charge is 0.265 e. The van der Waals surface area contributed by atoms with Crippen molar-refractivity contribution in [2.75, 3.05) is 11.9 Å². The topological polar surface area (TPSA) is 62.1 Å². The van der Waals surface area contributed by atoms with E-state index < -0.39 is 5.82 Å². The zero-order chi connectivity index (χ0) is 18.5. The number of thiophene rings is 1. The van der Waals surface area contributed by atoms with Crippen molar-refractivity contribution in [3.05, 3.63) is 70.3 Å². The number of amides is 1. The van der Waals surface area contributed by atoms with Gasteiger partial charge in [0.2, 0.25) is 0 Å². The molecule has 3 rings (SSSR count). The van der Waals surface area contributed by atoms with Crippen LogP contribution in [0.2, 0.25) is 5.02 Å². The highest BCUT2D eigenvalue weighted by Crippen LogP contribution is 2.31. The molecule has 4 nitrogen and oxygen atoms in total. The first-order valence-electron chi connectivity index (χ1n) is 7.53. The van der Waals surface area contributed by atoms with Gasteiger partial charge in [0.25, 0.3) is 5.91 Å². The molecule has 0 aliphatic heterocycles. The van der Waals surface area contributed by atoms with Crippen LogP contribution in [0.4, 0.5) is 10.1 Å². The summed E-state index contributed by atoms with van der Waals surface area (Å²) in [4.78, 5) is 13.9. The molecule has 0 unspecified atom stereocenters. The molecule has 0 saturated carbocycles. The highest BCUT2D eigenvalue weighted by Gasteiger charge is 2.14. The number of rotatable bonds is 5. The Hall–Kier alpha value is -2.88. The predicted octanol–water partition coefficient (Wildman–Crippen LogP) is 5.36. The average molecular weight is 387 g/mol. The van der Waals surface area contributed by atoms with Crippen LogP contribution in [-0.2, 0) is 0 Å². The first-order valence-corrected chi connectivity index (χ1v) is 8.72. The molecule has 1 amide bonds. The van der Waals surface area contributed by atoms with Crippen molar-refractivity contribution in [2.24, 2.45) is 0 Å². The second-order valence-electron chi connectivity index (χ2n) is 5.22. The summed E-state index contributed by atoms with van der Waals surface area (Å²) >= 11 is 7.31. The second-order valence-corrected chi connectivity index (χ2v) is 6.74. The Morgan fingerprint density at radius 2 is 2.08 bits per heavy atom. The van der Waals surface area contributed by atoms with E-state index in [0.717, 1.165) is 16.5 Å². The molecule has 0 radical (unpaired) electrons. The lowest BCUT2D eigenvalue weighted by Gasteiger charge is -2.10. The zero-order valence-corrected chi connectivity index (χ0v) is 14.9. The average Bonchev–Trinajstić information content (AvgIpc) is 3.12. The molecule has 0 aliphatic rings. The maximum absolute atomic E-state index is 13.4. The van der Waals surface area contributed by atoms with Gasteiger partial charge in [0, 0.05) is 16.0 Å². The van der Waals surface area contributed by atoms with Gasteiger partial charge in [-0.3, -0.25) is 4.79 Å². The fourth-order valence-corrected chi connectivity index (χ4v) is 3.36. The summed E-state index contributed by atoms with van der Waals surface area (Å²) in [6.45, 7) is -0.246. The van der Waals surface area contributed by atoms with Crippen molar-refractivity contribution in [3.8, 4) is 22.3 Å². The van der Waals surface area contributed by atoms with Gasteiger partial charge in [0.1, 0.15) is 17.6 Å². The van der Waals surface area contributed by atoms with E-state index in [9.17, 15) is 9.18 Å². The third-order valence-corrected chi connectivity index (χ3v) is 4.79. The normalized spacial score (nSPS) is 10.2. The molecule has 3 aromatic rings. The number of ether oxygens (including phenoxy) is 1. The van der Waals surface area contributed by atoms with Crippen LogP contribution in [0.1, 0.15) is 9.67 Å². The zero-order valence-electron chi connectivity index (χ0n) is 13.3. The van der Waals surface area contributed by atoms with Gasteiger partial charge in [0.15, 0.2) is 6.61 Å². The molecule has 2 aromatic carbocycles. The summed E-state index contributed by atoms with van der Waals surface area (Å²) in [7, 11) is 0. The first kappa shape index (κ1) is 17.9. The van der Waals surface area contributed by atoms with Crippen LogP contribution in [0.3, 0.4) is 0 Å². The van der Waals surface area contributed by atoms with Crippen LogP contribution in [0.5, 0.6) is 5.75 Å². The van der Waals surface area contributed by atoms with E-state index in [-0.39, 0.29) is 18.3 Å². The molecule has 1 N–H and O–H groups in total. The molecule has 26 heavy (non-hydrogen) atoms. The number of hydrogen-bond acceptors (Lipinski definition) is 4. The minimum atomic E-state index is -0.518. The lowest BCUT2D eigenvalue weighted by Crippen LogP contribution is -2.11. The minimum Gasteiger partial charge on any atom is -0.476 e. The summed E-state index contributed by atoms with van der Waals surface area (Å²) in [6.07, 6.45) is 0. The lowest BCUT2D eigenvalue weighted by atomic mass is 10.2. The molecule has 7 heteroatoms. The van der Waals surface area contributed by atoms with E-state index in [0.29, 0.717) is 15.6 Å². The van der Waals surface area contributed by atoms with Crippen LogP contribution in [0.25, 0.3) is 10.4 Å². The SMILES string of the molecule is N#CCOc1cc(F)ccc1NC(=O)c1ccc(-c2cccc(Cl)c2)s1. The number of nitriles is 1. The number of hydrogen-bond donors (Lipinski definition) is 1. The number of carbonyl (C=O) groups is 1. The third kappa shape index (κ3) is 4.20. The number of nitrogens with zero attached hydrogens (tertiary/aromatic N) is 1. The van der Waals surface area contributed by atoms with Gasteiger partial charge in [0.05, 0.1) is 10.6 Å². The van der Waals surface area contributed by atoms with Crippen LogP contribution in [0, 0.1) is 17.1 Å². The predicted molar refractivity (Wildman–Crippen MR) is 100 cm³/mol. The van der Waals surface area contributed by atoms with Gasteiger partial charge in [-0.2, -0.15) is 5.26 Å². The molecule has 1 aromatic heterocycles. The van der Waals surface area contributed by atoms with E-state index in [2.05, 4.69) is 5.32 Å². The van der Waals surface area contributed by atoms with Crippen LogP contribution >= 0.6 is 22.9 Å². The summed E-state index contributed by atoms with van der Waals surface area (Å²) in [5.74, 6) is -0.765. The van der Waals surface area contributed by atoms with Gasteiger partial charge in [-0.05, 0) is 42.0 Å². The van der Waals surface area contributed by atoms with Gasteiger partial charge in [-0.15, -0.1) is 11.3 Å². The molecule has 0 atom stereocenters. The van der Waals surface area contributed by atoms with Crippen molar-refractivity contribution in [1.82, 2.24) is 0 Å². The van der Waals surface area contributed by atoms with Crippen molar-refractivity contribution < 1.29 is 13.9 Å². The van der Waals surface area contributed by atoms with Gasteiger partial charge in [-0.1, -0.05) is 23.7 Å². The van der Waals surface area contributed by atoms with Crippen molar-refractivity contribution >= 4 is 34.5 Å². The van der Waals surface area contributed by atoms with Crippen LogP contribution in [-0.4, -0.2) is 12.5 Å². The molecule has 130 valence electrons. The molecular formula is C19H12ClFN2O2S. The fourth-order valence-electron chi connectivity index (χ4n) is 2.27. The Kier molecular flexibility index (Phi) is 5.52. The Bertz CT molecular complexity index is 997. The highest BCUT2D eigenvalue weighted by atomic mass is 35.5. The largest absolute Gasteiger partial charge is 0.476 e. The Balaban J connectivity index is 1.80. The molecule has 0 fully saturated rings. The lowest BCUT2D eigenvalue weighted by molar-refractivity contribution is 0.103. The van der Waals surface area contributed by atoms with Gasteiger partial charge in [-0.25, -0.2) is 4.39 Å². The standard InChI is InChI=1S/C19H12ClFN2O2S/c20-13-3-1-2-12(10-13)17-6-7-18(26-17)19(24)23-15-5-4-14(21)11-16(15)25-9-8-22/h1-7,10-11H,9H2,(H,23,24). The quantitative estimate of drug-likeness (QED) is 0.641. The Morgan fingerprint density at radius 3 is 2.85 bits per heavy atom. The number of carbonyl (C=O) groups excluding carboxylic acids is 1. The van der Waals surface area contributed by atoms with Crippen molar-refractivity contribution in [2.45, 2.75) is 0 Å². The number of benzene rings is 2. The fraction of sp³-hybridized carbons (Fsp3) is 0.0526. The number of halogens is 2. The van der Waals surface area contributed by atoms with Gasteiger partial charge >= 0.3 is 0 Å². The number of anilines is 1. The Labute approximate surface area is 158 Å². The van der Waals surface area contributed by atoms with Gasteiger partial charge < -0.3 is 10.1 Å². The molecule has 0 saturated heterocycles. The first-order chi connectivity index (χ1) is 12.6. The summed E-state index contributed by atoms with van der Waals surface area (Å²) in [5, 5.41) is 11.9.